The summed E-state index contributed by atoms with van der Waals surface area (Å²) in [4.78, 5) is 13.8. The molecule has 0 fully saturated rings. The van der Waals surface area contributed by atoms with Crippen LogP contribution in [0.1, 0.15) is 0 Å². The predicted molar refractivity (Wildman–Crippen MR) is 72.8 cm³/mol. The lowest BCUT2D eigenvalue weighted by atomic mass is 10.3. The molecule has 98 valence electrons. The number of nitro groups is 1. The fraction of sp³-hybridized carbons (Fsp3) is 0. The van der Waals surface area contributed by atoms with Crippen molar-refractivity contribution in [3.8, 4) is 11.6 Å². The molecule has 0 N–H and O–H groups in total. The molecule has 0 atom stereocenters. The lowest BCUT2D eigenvalue weighted by Gasteiger charge is -2.06. The zero-order chi connectivity index (χ0) is 14.0. The fourth-order valence-electron chi connectivity index (χ4n) is 1.29. The summed E-state index contributed by atoms with van der Waals surface area (Å²) in [6, 6.07) is 5.28. The third-order valence-electron chi connectivity index (χ3n) is 2.05. The van der Waals surface area contributed by atoms with E-state index in [1.54, 1.807) is 6.07 Å². The molecule has 0 aliphatic heterocycles. The number of benzene rings is 1. The van der Waals surface area contributed by atoms with Gasteiger partial charge in [0.2, 0.25) is 5.88 Å². The molecule has 1 heterocycles. The molecule has 1 aromatic heterocycles. The van der Waals surface area contributed by atoms with Crippen LogP contribution in [-0.2, 0) is 0 Å². The van der Waals surface area contributed by atoms with E-state index < -0.39 is 10.7 Å². The molecule has 0 radical (unpaired) electrons. The monoisotopic (exact) mass is 390 g/mol. The predicted octanol–water partition coefficient (Wildman–Crippen LogP) is 4.45. The van der Waals surface area contributed by atoms with Crippen molar-refractivity contribution in [1.82, 2.24) is 4.98 Å². The van der Waals surface area contributed by atoms with Crippen LogP contribution in [0.2, 0.25) is 0 Å². The van der Waals surface area contributed by atoms with E-state index in [0.29, 0.717) is 8.95 Å². The number of nitrogens with zero attached hydrogens (tertiary/aromatic N) is 2. The minimum atomic E-state index is -0.569. The Morgan fingerprint density at radius 3 is 2.58 bits per heavy atom. The highest BCUT2D eigenvalue weighted by Gasteiger charge is 2.12. The van der Waals surface area contributed by atoms with Crippen LogP contribution in [0.5, 0.6) is 11.6 Å². The first kappa shape index (κ1) is 13.9. The fourth-order valence-corrected chi connectivity index (χ4v) is 2.15. The van der Waals surface area contributed by atoms with E-state index in [0.717, 1.165) is 6.20 Å². The van der Waals surface area contributed by atoms with Crippen LogP contribution in [0.3, 0.4) is 0 Å². The normalized spacial score (nSPS) is 10.3. The van der Waals surface area contributed by atoms with Gasteiger partial charge in [0.15, 0.2) is 0 Å². The largest absolute Gasteiger partial charge is 0.438 e. The van der Waals surface area contributed by atoms with Crippen molar-refractivity contribution < 1.29 is 14.1 Å². The molecule has 5 nitrogen and oxygen atoms in total. The minimum Gasteiger partial charge on any atom is -0.438 e. The first-order valence-corrected chi connectivity index (χ1v) is 6.48. The van der Waals surface area contributed by atoms with E-state index in [1.807, 2.05) is 0 Å². The summed E-state index contributed by atoms with van der Waals surface area (Å²) in [6.45, 7) is 0. The van der Waals surface area contributed by atoms with Crippen molar-refractivity contribution in [2.75, 3.05) is 0 Å². The van der Waals surface area contributed by atoms with Gasteiger partial charge < -0.3 is 4.74 Å². The number of pyridine rings is 1. The summed E-state index contributed by atoms with van der Waals surface area (Å²) in [7, 11) is 0. The average Bonchev–Trinajstić information content (AvgIpc) is 2.30. The van der Waals surface area contributed by atoms with Crippen LogP contribution in [0.4, 0.5) is 10.1 Å². The number of ether oxygens (including phenoxy) is 1. The Hall–Kier alpha value is -1.54. The molecule has 0 saturated heterocycles. The van der Waals surface area contributed by atoms with Crippen LogP contribution in [0.25, 0.3) is 0 Å². The molecule has 0 spiro atoms. The summed E-state index contributed by atoms with van der Waals surface area (Å²) in [6.07, 6.45) is 1.06. The lowest BCUT2D eigenvalue weighted by molar-refractivity contribution is -0.385. The van der Waals surface area contributed by atoms with Gasteiger partial charge in [0, 0.05) is 16.6 Å². The van der Waals surface area contributed by atoms with Gasteiger partial charge in [-0.15, -0.1) is 0 Å². The van der Waals surface area contributed by atoms with Crippen LogP contribution in [0, 0.1) is 15.9 Å². The van der Waals surface area contributed by atoms with Crippen LogP contribution >= 0.6 is 31.9 Å². The Bertz CT molecular complexity index is 632. The van der Waals surface area contributed by atoms with Gasteiger partial charge in [-0.1, -0.05) is 15.9 Å². The SMILES string of the molecule is O=[N+]([O-])c1cnc(Oc2cc(F)cc(Br)c2)c(Br)c1. The maximum atomic E-state index is 13.2. The summed E-state index contributed by atoms with van der Waals surface area (Å²) in [5, 5.41) is 10.6. The molecule has 0 amide bonds. The average molecular weight is 392 g/mol. The maximum Gasteiger partial charge on any atom is 0.288 e. The number of hydrogen-bond donors (Lipinski definition) is 0. The van der Waals surface area contributed by atoms with Crippen molar-refractivity contribution in [2.24, 2.45) is 0 Å². The summed E-state index contributed by atoms with van der Waals surface area (Å²) >= 11 is 6.25. The summed E-state index contributed by atoms with van der Waals surface area (Å²) in [5.74, 6) is -0.126. The lowest BCUT2D eigenvalue weighted by Crippen LogP contribution is -1.93. The molecule has 1 aromatic carbocycles. The minimum absolute atomic E-state index is 0.114. The van der Waals surface area contributed by atoms with Crippen molar-refractivity contribution in [3.63, 3.8) is 0 Å². The molecule has 0 saturated carbocycles. The van der Waals surface area contributed by atoms with E-state index in [1.165, 1.54) is 18.2 Å². The van der Waals surface area contributed by atoms with E-state index in [9.17, 15) is 14.5 Å². The Morgan fingerprint density at radius 2 is 2.00 bits per heavy atom. The van der Waals surface area contributed by atoms with E-state index >= 15 is 0 Å². The molecular formula is C11H5Br2FN2O3. The van der Waals surface area contributed by atoms with E-state index in [2.05, 4.69) is 36.8 Å². The first-order valence-electron chi connectivity index (χ1n) is 4.89. The van der Waals surface area contributed by atoms with Crippen LogP contribution < -0.4 is 4.74 Å². The van der Waals surface area contributed by atoms with Gasteiger partial charge in [0.1, 0.15) is 17.8 Å². The molecule has 0 unspecified atom stereocenters. The van der Waals surface area contributed by atoms with Gasteiger partial charge in [-0.3, -0.25) is 10.1 Å². The van der Waals surface area contributed by atoms with Gasteiger partial charge in [0.05, 0.1) is 9.40 Å². The van der Waals surface area contributed by atoms with Crippen molar-refractivity contribution in [3.05, 3.63) is 55.3 Å². The molecule has 0 aliphatic carbocycles. The molecule has 8 heteroatoms. The highest BCUT2D eigenvalue weighted by atomic mass is 79.9. The topological polar surface area (TPSA) is 65.3 Å². The molecule has 0 bridgehead atoms. The first-order chi connectivity index (χ1) is 8.95. The Kier molecular flexibility index (Phi) is 4.11. The van der Waals surface area contributed by atoms with Gasteiger partial charge in [-0.2, -0.15) is 0 Å². The molecule has 2 aromatic rings. The van der Waals surface area contributed by atoms with E-state index in [-0.39, 0.29) is 17.3 Å². The number of hydrogen-bond acceptors (Lipinski definition) is 4. The molecular weight excluding hydrogens is 387 g/mol. The summed E-state index contributed by atoms with van der Waals surface area (Å²) < 4.78 is 19.3. The van der Waals surface area contributed by atoms with Crippen LogP contribution in [-0.4, -0.2) is 9.91 Å². The van der Waals surface area contributed by atoms with Gasteiger partial charge >= 0.3 is 0 Å². The highest BCUT2D eigenvalue weighted by molar-refractivity contribution is 9.10. The van der Waals surface area contributed by atoms with E-state index in [4.69, 9.17) is 4.74 Å². The second-order valence-electron chi connectivity index (χ2n) is 3.44. The third-order valence-corrected chi connectivity index (χ3v) is 3.08. The standard InChI is InChI=1S/C11H5Br2FN2O3/c12-6-1-7(14)3-9(2-6)19-11-10(13)4-8(5-15-11)16(17)18/h1-5H. The molecule has 19 heavy (non-hydrogen) atoms. The van der Waals surface area contributed by atoms with Gasteiger partial charge in [-0.05, 0) is 28.1 Å². The zero-order valence-electron chi connectivity index (χ0n) is 9.14. The Labute approximate surface area is 123 Å². The smallest absolute Gasteiger partial charge is 0.288 e. The number of halogens is 3. The van der Waals surface area contributed by atoms with Crippen molar-refractivity contribution >= 4 is 37.5 Å². The second kappa shape index (κ2) is 5.62. The Morgan fingerprint density at radius 1 is 1.26 bits per heavy atom. The van der Waals surface area contributed by atoms with Crippen LogP contribution in [0.15, 0.2) is 39.4 Å². The molecule has 0 aliphatic rings. The third kappa shape index (κ3) is 3.48. The molecule has 2 rings (SSSR count). The number of aromatic nitrogens is 1. The highest BCUT2D eigenvalue weighted by Crippen LogP contribution is 2.31. The van der Waals surface area contributed by atoms with Gasteiger partial charge in [0.25, 0.3) is 5.69 Å². The maximum absolute atomic E-state index is 13.2. The zero-order valence-corrected chi connectivity index (χ0v) is 12.3. The summed E-state index contributed by atoms with van der Waals surface area (Å²) in [5.41, 5.74) is -0.167. The van der Waals surface area contributed by atoms with Gasteiger partial charge in [-0.25, -0.2) is 9.37 Å². The second-order valence-corrected chi connectivity index (χ2v) is 5.21. The van der Waals surface area contributed by atoms with Crippen molar-refractivity contribution in [1.29, 1.82) is 0 Å². The Balaban J connectivity index is 2.30. The number of rotatable bonds is 3. The van der Waals surface area contributed by atoms with Crippen molar-refractivity contribution in [2.45, 2.75) is 0 Å². The quantitative estimate of drug-likeness (QED) is 0.572.